The number of carboxylic acid groups (broad SMARTS) is 1. The van der Waals surface area contributed by atoms with Crippen molar-refractivity contribution in [2.75, 3.05) is 11.1 Å². The molecule has 1 aromatic heterocycles. The Bertz CT molecular complexity index is 803. The van der Waals surface area contributed by atoms with Gasteiger partial charge in [0.1, 0.15) is 10.7 Å². The third-order valence-corrected chi connectivity index (χ3v) is 4.36. The van der Waals surface area contributed by atoms with Gasteiger partial charge in [0, 0.05) is 30.2 Å². The van der Waals surface area contributed by atoms with E-state index in [-0.39, 0.29) is 40.2 Å². The van der Waals surface area contributed by atoms with E-state index in [1.54, 1.807) is 6.92 Å². The standard InChI is InChI=1S/C15H16N4O5S/c1-8(2-7-11(20)21)17-15-18-14(16)13(25-15)12(22)9-3-5-10(6-4-9)19(23)24/h3-6,8H,2,7,16H2,1H3,(H,17,18)(H,20,21)/t8-/m0/s1. The molecule has 2 rings (SSSR count). The van der Waals surface area contributed by atoms with Crippen LogP contribution in [0.1, 0.15) is 35.0 Å². The summed E-state index contributed by atoms with van der Waals surface area (Å²) >= 11 is 1.06. The zero-order valence-corrected chi connectivity index (χ0v) is 14.1. The second kappa shape index (κ2) is 7.71. The Morgan fingerprint density at radius 1 is 1.40 bits per heavy atom. The van der Waals surface area contributed by atoms with E-state index < -0.39 is 10.9 Å². The molecule has 0 radical (unpaired) electrons. The molecule has 0 unspecified atom stereocenters. The molecular weight excluding hydrogens is 348 g/mol. The summed E-state index contributed by atoms with van der Waals surface area (Å²) in [5, 5.41) is 22.8. The van der Waals surface area contributed by atoms with Crippen molar-refractivity contribution < 1.29 is 19.6 Å². The third-order valence-electron chi connectivity index (χ3n) is 3.36. The number of carboxylic acids is 1. The van der Waals surface area contributed by atoms with Gasteiger partial charge in [0.05, 0.1) is 4.92 Å². The van der Waals surface area contributed by atoms with Crippen LogP contribution in [0.3, 0.4) is 0 Å². The molecule has 10 heteroatoms. The first-order valence-corrected chi connectivity index (χ1v) is 8.13. The first kappa shape index (κ1) is 18.3. The third kappa shape index (κ3) is 4.73. The minimum absolute atomic E-state index is 0.0175. The molecule has 4 N–H and O–H groups in total. The molecule has 9 nitrogen and oxygen atoms in total. The van der Waals surface area contributed by atoms with Gasteiger partial charge in [-0.25, -0.2) is 4.98 Å². The van der Waals surface area contributed by atoms with Gasteiger partial charge in [-0.3, -0.25) is 19.7 Å². The van der Waals surface area contributed by atoms with Crippen LogP contribution in [0.25, 0.3) is 0 Å². The number of carbonyl (C=O) groups is 2. The van der Waals surface area contributed by atoms with Crippen molar-refractivity contribution in [1.29, 1.82) is 0 Å². The Balaban J connectivity index is 2.11. The number of nitrogens with one attached hydrogen (secondary N) is 1. The molecule has 1 atom stereocenters. The number of nitro groups is 1. The highest BCUT2D eigenvalue weighted by atomic mass is 32.1. The molecule has 0 fully saturated rings. The van der Waals surface area contributed by atoms with Gasteiger partial charge in [0.2, 0.25) is 5.78 Å². The van der Waals surface area contributed by atoms with Crippen molar-refractivity contribution >= 4 is 39.7 Å². The molecule has 1 aromatic carbocycles. The van der Waals surface area contributed by atoms with Crippen LogP contribution in [0.4, 0.5) is 16.6 Å². The number of nitrogens with zero attached hydrogens (tertiary/aromatic N) is 2. The van der Waals surface area contributed by atoms with E-state index in [1.807, 2.05) is 0 Å². The summed E-state index contributed by atoms with van der Waals surface area (Å²) in [5.74, 6) is -1.21. The van der Waals surface area contributed by atoms with E-state index in [0.29, 0.717) is 11.6 Å². The minimum Gasteiger partial charge on any atom is -0.481 e. The summed E-state index contributed by atoms with van der Waals surface area (Å²) in [6.07, 6.45) is 0.421. The fraction of sp³-hybridized carbons (Fsp3) is 0.267. The van der Waals surface area contributed by atoms with E-state index in [4.69, 9.17) is 10.8 Å². The van der Waals surface area contributed by atoms with Gasteiger partial charge in [-0.05, 0) is 25.5 Å². The van der Waals surface area contributed by atoms with Crippen molar-refractivity contribution in [2.24, 2.45) is 0 Å². The quantitative estimate of drug-likeness (QED) is 0.367. The summed E-state index contributed by atoms with van der Waals surface area (Å²) in [5.41, 5.74) is 5.95. The van der Waals surface area contributed by atoms with Crippen LogP contribution < -0.4 is 11.1 Å². The molecule has 0 aliphatic carbocycles. The Morgan fingerprint density at radius 3 is 2.60 bits per heavy atom. The van der Waals surface area contributed by atoms with Gasteiger partial charge in [-0.1, -0.05) is 11.3 Å². The Kier molecular flexibility index (Phi) is 5.65. The summed E-state index contributed by atoms with van der Waals surface area (Å²) in [6, 6.07) is 5.07. The average molecular weight is 364 g/mol. The smallest absolute Gasteiger partial charge is 0.303 e. The number of rotatable bonds is 8. The predicted octanol–water partition coefficient (Wildman–Crippen LogP) is 2.53. The molecule has 0 amide bonds. The lowest BCUT2D eigenvalue weighted by molar-refractivity contribution is -0.384. The summed E-state index contributed by atoms with van der Waals surface area (Å²) in [7, 11) is 0. The molecule has 0 aliphatic heterocycles. The number of nitrogen functional groups attached to an aromatic ring is 1. The molecule has 132 valence electrons. The molecule has 0 saturated heterocycles. The molecule has 0 bridgehead atoms. The second-order valence-electron chi connectivity index (χ2n) is 5.34. The first-order chi connectivity index (χ1) is 11.8. The van der Waals surface area contributed by atoms with Crippen LogP contribution in [0.15, 0.2) is 24.3 Å². The molecule has 0 saturated carbocycles. The highest BCUT2D eigenvalue weighted by Crippen LogP contribution is 2.28. The van der Waals surface area contributed by atoms with Gasteiger partial charge in [0.15, 0.2) is 5.13 Å². The van der Waals surface area contributed by atoms with Crippen molar-refractivity contribution in [3.63, 3.8) is 0 Å². The summed E-state index contributed by atoms with van der Waals surface area (Å²) in [4.78, 5) is 37.5. The van der Waals surface area contributed by atoms with Gasteiger partial charge in [-0.15, -0.1) is 0 Å². The molecule has 1 heterocycles. The first-order valence-electron chi connectivity index (χ1n) is 7.31. The number of ketones is 1. The fourth-order valence-corrected chi connectivity index (χ4v) is 3.00. The Labute approximate surface area is 146 Å². The minimum atomic E-state index is -0.888. The normalized spacial score (nSPS) is 11.7. The SMILES string of the molecule is C[C@@H](CCC(=O)O)Nc1nc(N)c(C(=O)c2ccc([N+](=O)[O-])cc2)s1. The van der Waals surface area contributed by atoms with Crippen LogP contribution >= 0.6 is 11.3 Å². The van der Waals surface area contributed by atoms with E-state index in [1.165, 1.54) is 24.3 Å². The molecule has 2 aromatic rings. The monoisotopic (exact) mass is 364 g/mol. The number of nitro benzene ring substituents is 1. The molecule has 0 aliphatic rings. The molecular formula is C15H16N4O5S. The van der Waals surface area contributed by atoms with Crippen LogP contribution in [-0.4, -0.2) is 32.8 Å². The number of benzene rings is 1. The van der Waals surface area contributed by atoms with E-state index in [0.717, 1.165) is 11.3 Å². The van der Waals surface area contributed by atoms with Crippen molar-refractivity contribution in [2.45, 2.75) is 25.8 Å². The number of non-ortho nitro benzene ring substituents is 1. The van der Waals surface area contributed by atoms with Crippen molar-refractivity contribution in [3.8, 4) is 0 Å². The van der Waals surface area contributed by atoms with Gasteiger partial charge in [0.25, 0.3) is 5.69 Å². The molecule has 0 spiro atoms. The number of hydrogen-bond acceptors (Lipinski definition) is 8. The van der Waals surface area contributed by atoms with Gasteiger partial charge in [-0.2, -0.15) is 0 Å². The number of hydrogen-bond donors (Lipinski definition) is 3. The highest BCUT2D eigenvalue weighted by Gasteiger charge is 2.19. The average Bonchev–Trinajstić information content (AvgIpc) is 2.92. The maximum Gasteiger partial charge on any atom is 0.303 e. The van der Waals surface area contributed by atoms with E-state index in [2.05, 4.69) is 10.3 Å². The fourth-order valence-electron chi connectivity index (χ4n) is 2.04. The van der Waals surface area contributed by atoms with Gasteiger partial charge >= 0.3 is 5.97 Å². The topological polar surface area (TPSA) is 148 Å². The number of nitrogens with two attached hydrogens (primary N) is 1. The van der Waals surface area contributed by atoms with Crippen LogP contribution in [-0.2, 0) is 4.79 Å². The van der Waals surface area contributed by atoms with Crippen molar-refractivity contribution in [1.82, 2.24) is 4.98 Å². The zero-order valence-electron chi connectivity index (χ0n) is 13.3. The number of anilines is 2. The second-order valence-corrected chi connectivity index (χ2v) is 6.34. The lowest BCUT2D eigenvalue weighted by atomic mass is 10.1. The zero-order chi connectivity index (χ0) is 18.6. The summed E-state index contributed by atoms with van der Waals surface area (Å²) in [6.45, 7) is 1.80. The van der Waals surface area contributed by atoms with Gasteiger partial charge < -0.3 is 16.2 Å². The van der Waals surface area contributed by atoms with Crippen LogP contribution in [0.5, 0.6) is 0 Å². The van der Waals surface area contributed by atoms with E-state index in [9.17, 15) is 19.7 Å². The lowest BCUT2D eigenvalue weighted by Crippen LogP contribution is -2.16. The van der Waals surface area contributed by atoms with Crippen molar-refractivity contribution in [3.05, 3.63) is 44.8 Å². The highest BCUT2D eigenvalue weighted by molar-refractivity contribution is 7.18. The lowest BCUT2D eigenvalue weighted by Gasteiger charge is -2.10. The Hall–Kier alpha value is -3.01. The number of carbonyl (C=O) groups excluding carboxylic acids is 1. The number of thiazole rings is 1. The maximum atomic E-state index is 12.5. The largest absolute Gasteiger partial charge is 0.481 e. The van der Waals surface area contributed by atoms with E-state index >= 15 is 0 Å². The predicted molar refractivity (Wildman–Crippen MR) is 93.0 cm³/mol. The Morgan fingerprint density at radius 2 is 2.04 bits per heavy atom. The van der Waals surface area contributed by atoms with Crippen LogP contribution in [0.2, 0.25) is 0 Å². The number of aliphatic carboxylic acids is 1. The summed E-state index contributed by atoms with van der Waals surface area (Å²) < 4.78 is 0. The van der Waals surface area contributed by atoms with Crippen LogP contribution in [0, 0.1) is 10.1 Å². The molecule has 25 heavy (non-hydrogen) atoms. The number of aromatic nitrogens is 1. The maximum absolute atomic E-state index is 12.5.